The van der Waals surface area contributed by atoms with Gasteiger partial charge in [-0.1, -0.05) is 39.0 Å². The van der Waals surface area contributed by atoms with Crippen LogP contribution in [-0.4, -0.2) is 11.1 Å². The van der Waals surface area contributed by atoms with Gasteiger partial charge in [-0.15, -0.1) is 0 Å². The number of esters is 1. The van der Waals surface area contributed by atoms with E-state index in [1.165, 1.54) is 0 Å². The van der Waals surface area contributed by atoms with Gasteiger partial charge in [0.25, 0.3) is 0 Å². The van der Waals surface area contributed by atoms with E-state index in [0.29, 0.717) is 17.1 Å². The predicted molar refractivity (Wildman–Crippen MR) is 91.3 cm³/mol. The zero-order chi connectivity index (χ0) is 16.8. The summed E-state index contributed by atoms with van der Waals surface area (Å²) in [6.07, 6.45) is 1.85. The van der Waals surface area contributed by atoms with Gasteiger partial charge in [-0.05, 0) is 47.7 Å². The van der Waals surface area contributed by atoms with E-state index in [0.717, 1.165) is 22.3 Å². The Bertz CT molecular complexity index is 823. The summed E-state index contributed by atoms with van der Waals surface area (Å²) in [6, 6.07) is 11.2. The van der Waals surface area contributed by atoms with Gasteiger partial charge >= 0.3 is 5.97 Å². The van der Waals surface area contributed by atoms with Crippen molar-refractivity contribution >= 4 is 17.8 Å². The molecule has 1 aliphatic heterocycles. The van der Waals surface area contributed by atoms with Crippen molar-refractivity contribution in [3.05, 3.63) is 64.2 Å². The van der Waals surface area contributed by atoms with Crippen molar-refractivity contribution in [3.63, 3.8) is 0 Å². The van der Waals surface area contributed by atoms with Crippen LogP contribution in [0.3, 0.4) is 0 Å². The average Bonchev–Trinajstić information content (AvgIpc) is 2.78. The quantitative estimate of drug-likeness (QED) is 0.779. The molecule has 3 nitrogen and oxygen atoms in total. The number of carbonyl (C=O) groups is 1. The zero-order valence-electron chi connectivity index (χ0n) is 13.8. The SMILES string of the molecule is Cc1cc(C=C2OC(=O)c3ccccc32)cc(C(C)(C)C)c1O. The summed E-state index contributed by atoms with van der Waals surface area (Å²) in [6.45, 7) is 8.05. The molecule has 0 aliphatic carbocycles. The first kappa shape index (κ1) is 15.3. The highest BCUT2D eigenvalue weighted by molar-refractivity contribution is 6.05. The number of rotatable bonds is 1. The Balaban J connectivity index is 2.11. The monoisotopic (exact) mass is 308 g/mol. The highest BCUT2D eigenvalue weighted by Gasteiger charge is 2.26. The topological polar surface area (TPSA) is 46.5 Å². The summed E-state index contributed by atoms with van der Waals surface area (Å²) in [5.41, 5.74) is 3.81. The minimum atomic E-state index is -0.321. The van der Waals surface area contributed by atoms with Gasteiger partial charge in [-0.25, -0.2) is 4.79 Å². The lowest BCUT2D eigenvalue weighted by Gasteiger charge is -2.22. The molecule has 0 unspecified atom stereocenters. The number of benzene rings is 2. The van der Waals surface area contributed by atoms with Crippen molar-refractivity contribution in [2.45, 2.75) is 33.1 Å². The molecule has 0 atom stereocenters. The molecule has 1 heterocycles. The number of phenols is 1. The second kappa shape index (κ2) is 5.27. The first-order chi connectivity index (χ1) is 10.8. The number of phenolic OH excluding ortho intramolecular Hbond substituents is 1. The van der Waals surface area contributed by atoms with Crippen molar-refractivity contribution in [2.75, 3.05) is 0 Å². The van der Waals surface area contributed by atoms with Gasteiger partial charge < -0.3 is 9.84 Å². The van der Waals surface area contributed by atoms with Gasteiger partial charge in [0.1, 0.15) is 11.5 Å². The van der Waals surface area contributed by atoms with E-state index >= 15 is 0 Å². The number of aromatic hydroxyl groups is 1. The number of cyclic esters (lactones) is 1. The van der Waals surface area contributed by atoms with Crippen LogP contribution in [0, 0.1) is 6.92 Å². The predicted octanol–water partition coefficient (Wildman–Crippen LogP) is 4.67. The second-order valence-electron chi connectivity index (χ2n) is 6.93. The standard InChI is InChI=1S/C20H20O3/c1-12-9-13(10-16(18(12)21)20(2,3)4)11-17-14-7-5-6-8-15(14)19(22)23-17/h5-11,21H,1-4H3. The van der Waals surface area contributed by atoms with Gasteiger partial charge in [0.2, 0.25) is 0 Å². The molecule has 0 bridgehead atoms. The van der Waals surface area contributed by atoms with Crippen molar-refractivity contribution < 1.29 is 14.6 Å². The molecule has 0 amide bonds. The van der Waals surface area contributed by atoms with Crippen LogP contribution in [0.4, 0.5) is 0 Å². The molecular weight excluding hydrogens is 288 g/mol. The van der Waals surface area contributed by atoms with Crippen LogP contribution in [-0.2, 0) is 10.2 Å². The van der Waals surface area contributed by atoms with Crippen molar-refractivity contribution in [1.29, 1.82) is 0 Å². The molecule has 0 saturated carbocycles. The molecule has 0 radical (unpaired) electrons. The second-order valence-corrected chi connectivity index (χ2v) is 6.93. The van der Waals surface area contributed by atoms with Crippen molar-refractivity contribution in [1.82, 2.24) is 0 Å². The molecule has 0 aromatic heterocycles. The number of aryl methyl sites for hydroxylation is 1. The molecular formula is C20H20O3. The first-order valence-electron chi connectivity index (χ1n) is 7.65. The van der Waals surface area contributed by atoms with Crippen molar-refractivity contribution in [2.24, 2.45) is 0 Å². The molecule has 2 aromatic carbocycles. The van der Waals surface area contributed by atoms with Gasteiger partial charge in [-0.2, -0.15) is 0 Å². The van der Waals surface area contributed by atoms with Gasteiger partial charge in [0.15, 0.2) is 0 Å². The summed E-state index contributed by atoms with van der Waals surface area (Å²) < 4.78 is 5.39. The van der Waals surface area contributed by atoms with Gasteiger partial charge in [0.05, 0.1) is 5.56 Å². The maximum absolute atomic E-state index is 11.9. The third-order valence-electron chi connectivity index (χ3n) is 4.04. The molecule has 1 N–H and O–H groups in total. The molecule has 3 heteroatoms. The Labute approximate surface area is 136 Å². The van der Waals surface area contributed by atoms with E-state index in [9.17, 15) is 9.90 Å². The summed E-state index contributed by atoms with van der Waals surface area (Å²) in [5.74, 6) is 0.553. The van der Waals surface area contributed by atoms with E-state index in [2.05, 4.69) is 20.8 Å². The third kappa shape index (κ3) is 2.74. The van der Waals surface area contributed by atoms with E-state index in [4.69, 9.17) is 4.74 Å². The number of fused-ring (bicyclic) bond motifs is 1. The van der Waals surface area contributed by atoms with Crippen LogP contribution in [0.25, 0.3) is 11.8 Å². The van der Waals surface area contributed by atoms with E-state index in [1.807, 2.05) is 43.3 Å². The summed E-state index contributed by atoms with van der Waals surface area (Å²) in [5, 5.41) is 10.3. The number of hydrogen-bond donors (Lipinski definition) is 1. The molecule has 0 fully saturated rings. The molecule has 3 rings (SSSR count). The molecule has 2 aromatic rings. The largest absolute Gasteiger partial charge is 0.507 e. The molecule has 1 aliphatic rings. The van der Waals surface area contributed by atoms with E-state index in [1.54, 1.807) is 6.07 Å². The van der Waals surface area contributed by atoms with Crippen LogP contribution in [0.5, 0.6) is 5.75 Å². The van der Waals surface area contributed by atoms with Crippen LogP contribution < -0.4 is 0 Å². The van der Waals surface area contributed by atoms with Gasteiger partial charge in [0, 0.05) is 11.1 Å². The Morgan fingerprint density at radius 2 is 1.74 bits per heavy atom. The lowest BCUT2D eigenvalue weighted by Crippen LogP contribution is -2.12. The molecule has 118 valence electrons. The molecule has 0 spiro atoms. The molecule has 0 saturated heterocycles. The highest BCUT2D eigenvalue weighted by atomic mass is 16.5. The third-order valence-corrected chi connectivity index (χ3v) is 4.04. The first-order valence-corrected chi connectivity index (χ1v) is 7.65. The summed E-state index contributed by atoms with van der Waals surface area (Å²) in [4.78, 5) is 11.9. The van der Waals surface area contributed by atoms with Gasteiger partial charge in [-0.3, -0.25) is 0 Å². The minimum absolute atomic E-state index is 0.173. The minimum Gasteiger partial charge on any atom is -0.507 e. The van der Waals surface area contributed by atoms with Crippen LogP contribution in [0.1, 0.15) is 53.4 Å². The number of ether oxygens (including phenoxy) is 1. The summed E-state index contributed by atoms with van der Waals surface area (Å²) in [7, 11) is 0. The number of hydrogen-bond acceptors (Lipinski definition) is 3. The lowest BCUT2D eigenvalue weighted by atomic mass is 9.84. The normalized spacial score (nSPS) is 15.7. The molecule has 23 heavy (non-hydrogen) atoms. The van der Waals surface area contributed by atoms with E-state index in [-0.39, 0.29) is 11.4 Å². The lowest BCUT2D eigenvalue weighted by molar-refractivity contribution is 0.0717. The fourth-order valence-electron chi connectivity index (χ4n) is 2.81. The van der Waals surface area contributed by atoms with Crippen molar-refractivity contribution in [3.8, 4) is 5.75 Å². The smallest absolute Gasteiger partial charge is 0.344 e. The Hall–Kier alpha value is -2.55. The van der Waals surface area contributed by atoms with E-state index < -0.39 is 0 Å². The van der Waals surface area contributed by atoms with Crippen LogP contribution in [0.15, 0.2) is 36.4 Å². The van der Waals surface area contributed by atoms with Crippen LogP contribution in [0.2, 0.25) is 0 Å². The Kier molecular flexibility index (Phi) is 3.52. The fourth-order valence-corrected chi connectivity index (χ4v) is 2.81. The van der Waals surface area contributed by atoms with Crippen LogP contribution >= 0.6 is 0 Å². The average molecular weight is 308 g/mol. The Morgan fingerprint density at radius 1 is 1.09 bits per heavy atom. The zero-order valence-corrected chi connectivity index (χ0v) is 13.8. The maximum atomic E-state index is 11.9. The number of carbonyl (C=O) groups excluding carboxylic acids is 1. The fraction of sp³-hybridized carbons (Fsp3) is 0.250. The highest BCUT2D eigenvalue weighted by Crippen LogP contribution is 2.36. The maximum Gasteiger partial charge on any atom is 0.344 e. The Morgan fingerprint density at radius 3 is 2.39 bits per heavy atom. The summed E-state index contributed by atoms with van der Waals surface area (Å²) >= 11 is 0.